The van der Waals surface area contributed by atoms with Crippen LogP contribution in [0, 0.1) is 5.92 Å². The quantitative estimate of drug-likeness (QED) is 0.840. The molecule has 0 radical (unpaired) electrons. The zero-order valence-electron chi connectivity index (χ0n) is 12.0. The molecule has 1 amide bonds. The van der Waals surface area contributed by atoms with E-state index in [0.29, 0.717) is 17.3 Å². The molecule has 4 heteroatoms. The van der Waals surface area contributed by atoms with Gasteiger partial charge in [-0.3, -0.25) is 4.79 Å². The fraction of sp³-hybridized carbons (Fsp3) is 0.438. The van der Waals surface area contributed by atoms with Gasteiger partial charge in [0, 0.05) is 18.0 Å². The van der Waals surface area contributed by atoms with Crippen molar-refractivity contribution in [3.63, 3.8) is 0 Å². The third-order valence-corrected chi connectivity index (χ3v) is 3.95. The van der Waals surface area contributed by atoms with Crippen molar-refractivity contribution >= 4 is 22.5 Å². The van der Waals surface area contributed by atoms with Gasteiger partial charge in [0.25, 0.3) is 5.91 Å². The van der Waals surface area contributed by atoms with Crippen molar-refractivity contribution in [2.75, 3.05) is 12.3 Å². The van der Waals surface area contributed by atoms with Crippen molar-refractivity contribution < 1.29 is 4.79 Å². The maximum absolute atomic E-state index is 12.7. The highest BCUT2D eigenvalue weighted by molar-refractivity contribution is 6.00. The van der Waals surface area contributed by atoms with Gasteiger partial charge in [0.05, 0.1) is 11.2 Å². The van der Waals surface area contributed by atoms with Crippen LogP contribution in [-0.4, -0.2) is 28.4 Å². The van der Waals surface area contributed by atoms with Gasteiger partial charge in [-0.1, -0.05) is 12.1 Å². The lowest BCUT2D eigenvalue weighted by Gasteiger charge is -2.26. The highest BCUT2D eigenvalue weighted by Crippen LogP contribution is 2.31. The molecule has 1 fully saturated rings. The van der Waals surface area contributed by atoms with E-state index >= 15 is 0 Å². The number of H-pyrrole nitrogens is 1. The summed E-state index contributed by atoms with van der Waals surface area (Å²) in [5.41, 5.74) is 8.11. The van der Waals surface area contributed by atoms with Crippen LogP contribution in [0.5, 0.6) is 0 Å². The number of carbonyl (C=O) groups excluding carboxylic acids is 1. The Kier molecular flexibility index (Phi) is 3.16. The van der Waals surface area contributed by atoms with Crippen LogP contribution in [0.1, 0.15) is 37.2 Å². The van der Waals surface area contributed by atoms with Crippen LogP contribution in [0.15, 0.2) is 24.3 Å². The van der Waals surface area contributed by atoms with Gasteiger partial charge in [-0.25, -0.2) is 0 Å². The van der Waals surface area contributed by atoms with E-state index in [1.807, 2.05) is 29.2 Å². The van der Waals surface area contributed by atoms with E-state index in [-0.39, 0.29) is 11.9 Å². The summed E-state index contributed by atoms with van der Waals surface area (Å²) in [7, 11) is 0. The topological polar surface area (TPSA) is 62.1 Å². The maximum atomic E-state index is 12.7. The van der Waals surface area contributed by atoms with Crippen LogP contribution in [0.4, 0.5) is 5.69 Å². The number of benzene rings is 1. The van der Waals surface area contributed by atoms with Crippen LogP contribution in [0.2, 0.25) is 0 Å². The lowest BCUT2D eigenvalue weighted by Crippen LogP contribution is -2.38. The van der Waals surface area contributed by atoms with Gasteiger partial charge in [-0.15, -0.1) is 0 Å². The van der Waals surface area contributed by atoms with Crippen LogP contribution >= 0.6 is 0 Å². The average Bonchev–Trinajstić information content (AvgIpc) is 3.11. The number of aromatic amines is 1. The fourth-order valence-corrected chi connectivity index (χ4v) is 2.56. The number of aromatic nitrogens is 1. The summed E-state index contributed by atoms with van der Waals surface area (Å²) in [6.07, 6.45) is 2.49. The first-order valence-electron chi connectivity index (χ1n) is 7.24. The Morgan fingerprint density at radius 3 is 2.80 bits per heavy atom. The Morgan fingerprint density at radius 1 is 1.45 bits per heavy atom. The molecule has 2 aromatic rings. The first-order chi connectivity index (χ1) is 9.56. The zero-order valence-corrected chi connectivity index (χ0v) is 12.0. The molecule has 106 valence electrons. The highest BCUT2D eigenvalue weighted by atomic mass is 16.2. The summed E-state index contributed by atoms with van der Waals surface area (Å²) in [5, 5.41) is 0.989. The molecule has 0 atom stereocenters. The molecule has 1 aromatic heterocycles. The van der Waals surface area contributed by atoms with Crippen LogP contribution in [0.25, 0.3) is 10.9 Å². The molecule has 1 heterocycles. The molecule has 1 saturated carbocycles. The number of hydrogen-bond donors (Lipinski definition) is 2. The SMILES string of the molecule is CC(C)N(CC1CC1)C(=O)c1cc2cccc(N)c2[nH]1. The lowest BCUT2D eigenvalue weighted by molar-refractivity contribution is 0.0691. The van der Waals surface area contributed by atoms with Crippen molar-refractivity contribution in [1.29, 1.82) is 0 Å². The minimum atomic E-state index is 0.0718. The first kappa shape index (κ1) is 13.0. The van der Waals surface area contributed by atoms with Gasteiger partial charge in [-0.2, -0.15) is 0 Å². The number of carbonyl (C=O) groups is 1. The second kappa shape index (κ2) is 4.85. The van der Waals surface area contributed by atoms with E-state index in [2.05, 4.69) is 18.8 Å². The first-order valence-corrected chi connectivity index (χ1v) is 7.24. The minimum Gasteiger partial charge on any atom is -0.397 e. The molecule has 0 aliphatic heterocycles. The van der Waals surface area contributed by atoms with Gasteiger partial charge in [0.15, 0.2) is 0 Å². The van der Waals surface area contributed by atoms with Gasteiger partial charge >= 0.3 is 0 Å². The molecule has 0 bridgehead atoms. The Bertz CT molecular complexity index is 640. The van der Waals surface area contributed by atoms with Crippen LogP contribution in [-0.2, 0) is 0 Å². The molecular formula is C16H21N3O. The van der Waals surface area contributed by atoms with Gasteiger partial charge in [-0.05, 0) is 44.7 Å². The third-order valence-electron chi connectivity index (χ3n) is 3.95. The fourth-order valence-electron chi connectivity index (χ4n) is 2.56. The number of amides is 1. The van der Waals surface area contributed by atoms with Gasteiger partial charge in [0.2, 0.25) is 0 Å². The summed E-state index contributed by atoms with van der Waals surface area (Å²) in [5.74, 6) is 0.762. The van der Waals surface area contributed by atoms with E-state index < -0.39 is 0 Å². The lowest BCUT2D eigenvalue weighted by atomic mass is 10.2. The molecule has 3 N–H and O–H groups in total. The Hall–Kier alpha value is -1.97. The van der Waals surface area contributed by atoms with Crippen molar-refractivity contribution in [3.8, 4) is 0 Å². The molecule has 1 aliphatic carbocycles. The number of rotatable bonds is 4. The number of anilines is 1. The summed E-state index contributed by atoms with van der Waals surface area (Å²) < 4.78 is 0. The predicted molar refractivity (Wildman–Crippen MR) is 81.6 cm³/mol. The number of para-hydroxylation sites is 1. The number of hydrogen-bond acceptors (Lipinski definition) is 2. The second-order valence-electron chi connectivity index (χ2n) is 5.99. The standard InChI is InChI=1S/C16H21N3O/c1-10(2)19(9-11-6-7-11)16(20)14-8-12-4-3-5-13(17)15(12)18-14/h3-5,8,10-11,18H,6-7,9,17H2,1-2H3. The smallest absolute Gasteiger partial charge is 0.270 e. The molecule has 1 aliphatic rings. The number of nitrogens with two attached hydrogens (primary N) is 1. The second-order valence-corrected chi connectivity index (χ2v) is 5.99. The predicted octanol–water partition coefficient (Wildman–Crippen LogP) is 3.01. The van der Waals surface area contributed by atoms with E-state index in [9.17, 15) is 4.79 Å². The van der Waals surface area contributed by atoms with E-state index in [1.54, 1.807) is 0 Å². The summed E-state index contributed by atoms with van der Waals surface area (Å²) >= 11 is 0. The molecule has 0 unspecified atom stereocenters. The summed E-state index contributed by atoms with van der Waals surface area (Å²) in [4.78, 5) is 17.8. The zero-order chi connectivity index (χ0) is 14.3. The monoisotopic (exact) mass is 271 g/mol. The Balaban J connectivity index is 1.91. The van der Waals surface area contributed by atoms with Crippen LogP contribution in [0.3, 0.4) is 0 Å². The normalized spacial score (nSPS) is 14.9. The molecular weight excluding hydrogens is 250 g/mol. The van der Waals surface area contributed by atoms with Crippen molar-refractivity contribution in [2.45, 2.75) is 32.7 Å². The van der Waals surface area contributed by atoms with Crippen molar-refractivity contribution in [2.24, 2.45) is 5.92 Å². The number of nitrogen functional groups attached to an aromatic ring is 1. The Labute approximate surface area is 118 Å². The van der Waals surface area contributed by atoms with E-state index in [4.69, 9.17) is 5.73 Å². The number of nitrogens with zero attached hydrogens (tertiary/aromatic N) is 1. The third kappa shape index (κ3) is 2.38. The van der Waals surface area contributed by atoms with Crippen molar-refractivity contribution in [1.82, 2.24) is 9.88 Å². The molecule has 1 aromatic carbocycles. The largest absolute Gasteiger partial charge is 0.397 e. The summed E-state index contributed by atoms with van der Waals surface area (Å²) in [6.45, 7) is 5.00. The maximum Gasteiger partial charge on any atom is 0.270 e. The average molecular weight is 271 g/mol. The van der Waals surface area contributed by atoms with E-state index in [1.165, 1.54) is 12.8 Å². The molecule has 4 nitrogen and oxygen atoms in total. The Morgan fingerprint density at radius 2 is 2.20 bits per heavy atom. The number of nitrogens with one attached hydrogen (secondary N) is 1. The molecule has 20 heavy (non-hydrogen) atoms. The highest BCUT2D eigenvalue weighted by Gasteiger charge is 2.29. The minimum absolute atomic E-state index is 0.0718. The molecule has 0 saturated heterocycles. The van der Waals surface area contributed by atoms with Crippen molar-refractivity contribution in [3.05, 3.63) is 30.0 Å². The molecule has 3 rings (SSSR count). The number of fused-ring (bicyclic) bond motifs is 1. The molecule has 0 spiro atoms. The van der Waals surface area contributed by atoms with Gasteiger partial charge in [0.1, 0.15) is 5.69 Å². The van der Waals surface area contributed by atoms with Gasteiger partial charge < -0.3 is 15.6 Å². The van der Waals surface area contributed by atoms with Crippen LogP contribution < -0.4 is 5.73 Å². The summed E-state index contributed by atoms with van der Waals surface area (Å²) in [6, 6.07) is 7.84. The van der Waals surface area contributed by atoms with E-state index in [0.717, 1.165) is 17.4 Å².